The minimum Gasteiger partial charge on any atom is -0.456 e. The standard InChI is InChI=1S/C7H10O2S/c1-2-6-10(8)7-4-3-5-9-7/h3-5H,2,6H2,1H3. The van der Waals surface area contributed by atoms with Gasteiger partial charge in [-0.25, -0.2) is 0 Å². The van der Waals surface area contributed by atoms with Crippen LogP contribution in [0.2, 0.25) is 0 Å². The van der Waals surface area contributed by atoms with Gasteiger partial charge in [-0.1, -0.05) is 6.92 Å². The first kappa shape index (κ1) is 7.54. The van der Waals surface area contributed by atoms with Crippen molar-refractivity contribution < 1.29 is 8.63 Å². The highest BCUT2D eigenvalue weighted by Crippen LogP contribution is 2.06. The van der Waals surface area contributed by atoms with E-state index in [9.17, 15) is 4.21 Å². The van der Waals surface area contributed by atoms with Crippen LogP contribution in [0.25, 0.3) is 0 Å². The zero-order valence-electron chi connectivity index (χ0n) is 5.87. The average molecular weight is 158 g/mol. The summed E-state index contributed by atoms with van der Waals surface area (Å²) in [7, 11) is -0.919. The van der Waals surface area contributed by atoms with Gasteiger partial charge in [0.25, 0.3) is 0 Å². The van der Waals surface area contributed by atoms with Gasteiger partial charge in [-0.3, -0.25) is 4.21 Å². The molecule has 0 spiro atoms. The first-order valence-electron chi connectivity index (χ1n) is 3.26. The summed E-state index contributed by atoms with van der Waals surface area (Å²) >= 11 is 0. The molecule has 56 valence electrons. The summed E-state index contributed by atoms with van der Waals surface area (Å²) < 4.78 is 16.1. The summed E-state index contributed by atoms with van der Waals surface area (Å²) in [5.74, 6) is 0.688. The Labute approximate surface area is 62.7 Å². The third-order valence-corrected chi connectivity index (χ3v) is 2.57. The molecule has 10 heavy (non-hydrogen) atoms. The zero-order chi connectivity index (χ0) is 7.40. The van der Waals surface area contributed by atoms with Crippen molar-refractivity contribution in [3.05, 3.63) is 18.4 Å². The Hall–Kier alpha value is -0.570. The summed E-state index contributed by atoms with van der Waals surface area (Å²) in [5, 5.41) is 0.585. The van der Waals surface area contributed by atoms with Crippen molar-refractivity contribution in [1.29, 1.82) is 0 Å². The van der Waals surface area contributed by atoms with Gasteiger partial charge in [-0.05, 0) is 18.6 Å². The Morgan fingerprint density at radius 3 is 3.00 bits per heavy atom. The van der Waals surface area contributed by atoms with Gasteiger partial charge in [0.05, 0.1) is 17.1 Å². The molecule has 0 saturated heterocycles. The molecule has 0 aromatic carbocycles. The fourth-order valence-corrected chi connectivity index (χ4v) is 1.64. The molecule has 0 aliphatic rings. The van der Waals surface area contributed by atoms with Crippen LogP contribution < -0.4 is 0 Å². The maximum absolute atomic E-state index is 11.1. The van der Waals surface area contributed by atoms with E-state index in [0.29, 0.717) is 10.8 Å². The number of hydrogen-bond acceptors (Lipinski definition) is 2. The van der Waals surface area contributed by atoms with Crippen molar-refractivity contribution >= 4 is 10.8 Å². The highest BCUT2D eigenvalue weighted by Gasteiger charge is 2.02. The van der Waals surface area contributed by atoms with Crippen LogP contribution in [0.5, 0.6) is 0 Å². The van der Waals surface area contributed by atoms with Crippen LogP contribution in [0.1, 0.15) is 13.3 Å². The Balaban J connectivity index is 2.59. The lowest BCUT2D eigenvalue weighted by Gasteiger charge is -1.91. The third-order valence-electron chi connectivity index (χ3n) is 1.11. The predicted octanol–water partition coefficient (Wildman–Crippen LogP) is 1.80. The molecule has 0 amide bonds. The number of hydrogen-bond donors (Lipinski definition) is 0. The summed E-state index contributed by atoms with van der Waals surface area (Å²) in [5.41, 5.74) is 0. The highest BCUT2D eigenvalue weighted by atomic mass is 32.2. The average Bonchev–Trinajstić information content (AvgIpc) is 2.38. The van der Waals surface area contributed by atoms with E-state index in [0.717, 1.165) is 6.42 Å². The third kappa shape index (κ3) is 1.70. The molecule has 0 aliphatic heterocycles. The van der Waals surface area contributed by atoms with Crippen molar-refractivity contribution in [2.75, 3.05) is 5.75 Å². The van der Waals surface area contributed by atoms with Crippen LogP contribution >= 0.6 is 0 Å². The minimum atomic E-state index is -0.919. The maximum Gasteiger partial charge on any atom is 0.190 e. The smallest absolute Gasteiger partial charge is 0.190 e. The van der Waals surface area contributed by atoms with E-state index in [1.807, 2.05) is 6.92 Å². The minimum absolute atomic E-state index is 0.585. The largest absolute Gasteiger partial charge is 0.456 e. The molecule has 0 N–H and O–H groups in total. The first-order valence-corrected chi connectivity index (χ1v) is 4.58. The van der Waals surface area contributed by atoms with Crippen LogP contribution in [-0.2, 0) is 10.8 Å². The fourth-order valence-electron chi connectivity index (χ4n) is 0.679. The Morgan fingerprint density at radius 1 is 1.70 bits per heavy atom. The van der Waals surface area contributed by atoms with Crippen LogP contribution in [0.15, 0.2) is 27.9 Å². The van der Waals surface area contributed by atoms with Crippen molar-refractivity contribution in [2.24, 2.45) is 0 Å². The summed E-state index contributed by atoms with van der Waals surface area (Å²) in [4.78, 5) is 0. The molecule has 2 nitrogen and oxygen atoms in total. The number of furan rings is 1. The molecular weight excluding hydrogens is 148 g/mol. The maximum atomic E-state index is 11.1. The molecule has 0 aliphatic carbocycles. The second-order valence-electron chi connectivity index (χ2n) is 1.98. The van der Waals surface area contributed by atoms with Gasteiger partial charge in [0.15, 0.2) is 5.09 Å². The van der Waals surface area contributed by atoms with Gasteiger partial charge in [0.1, 0.15) is 0 Å². The molecule has 0 bridgehead atoms. The van der Waals surface area contributed by atoms with Crippen molar-refractivity contribution in [3.8, 4) is 0 Å². The Morgan fingerprint density at radius 2 is 2.50 bits per heavy atom. The first-order chi connectivity index (χ1) is 4.84. The molecule has 1 heterocycles. The predicted molar refractivity (Wildman–Crippen MR) is 40.3 cm³/mol. The molecule has 0 saturated carbocycles. The highest BCUT2D eigenvalue weighted by molar-refractivity contribution is 7.84. The molecule has 0 fully saturated rings. The zero-order valence-corrected chi connectivity index (χ0v) is 6.69. The van der Waals surface area contributed by atoms with E-state index in [-0.39, 0.29) is 0 Å². The van der Waals surface area contributed by atoms with Crippen LogP contribution in [0.3, 0.4) is 0 Å². The fraction of sp³-hybridized carbons (Fsp3) is 0.429. The Bertz CT molecular complexity index is 203. The van der Waals surface area contributed by atoms with E-state index < -0.39 is 10.8 Å². The number of rotatable bonds is 3. The summed E-state index contributed by atoms with van der Waals surface area (Å²) in [6, 6.07) is 3.49. The van der Waals surface area contributed by atoms with Crippen LogP contribution in [-0.4, -0.2) is 9.96 Å². The molecular formula is C7H10O2S. The molecule has 0 radical (unpaired) electrons. The molecule has 1 aromatic rings. The SMILES string of the molecule is CCCS(=O)c1ccco1. The molecule has 3 heteroatoms. The summed E-state index contributed by atoms with van der Waals surface area (Å²) in [6.07, 6.45) is 2.47. The molecule has 1 atom stereocenters. The molecule has 1 rings (SSSR count). The monoisotopic (exact) mass is 158 g/mol. The lowest BCUT2D eigenvalue weighted by molar-refractivity contribution is 0.465. The molecule has 1 unspecified atom stereocenters. The van der Waals surface area contributed by atoms with E-state index in [4.69, 9.17) is 4.42 Å². The lowest BCUT2D eigenvalue weighted by atomic mass is 10.6. The lowest BCUT2D eigenvalue weighted by Crippen LogP contribution is -1.93. The second-order valence-corrected chi connectivity index (χ2v) is 3.48. The van der Waals surface area contributed by atoms with E-state index in [2.05, 4.69) is 0 Å². The quantitative estimate of drug-likeness (QED) is 0.671. The molecule has 1 aromatic heterocycles. The van der Waals surface area contributed by atoms with E-state index in [1.54, 1.807) is 18.4 Å². The van der Waals surface area contributed by atoms with Gasteiger partial charge in [-0.15, -0.1) is 0 Å². The van der Waals surface area contributed by atoms with Crippen LogP contribution in [0, 0.1) is 0 Å². The van der Waals surface area contributed by atoms with Crippen molar-refractivity contribution in [3.63, 3.8) is 0 Å². The van der Waals surface area contributed by atoms with Crippen molar-refractivity contribution in [2.45, 2.75) is 18.4 Å². The van der Waals surface area contributed by atoms with Gasteiger partial charge in [0, 0.05) is 5.75 Å². The van der Waals surface area contributed by atoms with Crippen molar-refractivity contribution in [1.82, 2.24) is 0 Å². The van der Waals surface area contributed by atoms with Crippen LogP contribution in [0.4, 0.5) is 0 Å². The Kier molecular flexibility index (Phi) is 2.68. The van der Waals surface area contributed by atoms with Gasteiger partial charge in [0.2, 0.25) is 0 Å². The van der Waals surface area contributed by atoms with Gasteiger partial charge >= 0.3 is 0 Å². The van der Waals surface area contributed by atoms with Gasteiger partial charge in [-0.2, -0.15) is 0 Å². The van der Waals surface area contributed by atoms with E-state index in [1.165, 1.54) is 0 Å². The topological polar surface area (TPSA) is 30.2 Å². The van der Waals surface area contributed by atoms with E-state index >= 15 is 0 Å². The normalized spacial score (nSPS) is 13.3. The van der Waals surface area contributed by atoms with Gasteiger partial charge < -0.3 is 4.42 Å². The second kappa shape index (κ2) is 3.56. The summed E-state index contributed by atoms with van der Waals surface area (Å²) in [6.45, 7) is 2.00.